The highest BCUT2D eigenvalue weighted by Crippen LogP contribution is 2.07. The molecule has 0 aliphatic carbocycles. The predicted octanol–water partition coefficient (Wildman–Crippen LogP) is 1.33. The van der Waals surface area contributed by atoms with E-state index in [-0.39, 0.29) is 11.3 Å². The van der Waals surface area contributed by atoms with Crippen LogP contribution in [-0.4, -0.2) is 31.0 Å². The van der Waals surface area contributed by atoms with Gasteiger partial charge in [0.2, 0.25) is 10.0 Å². The molecule has 6 nitrogen and oxygen atoms in total. The number of aliphatic carboxylic acids is 1. The Balaban J connectivity index is 2.13. The van der Waals surface area contributed by atoms with Gasteiger partial charge in [0.15, 0.2) is 0 Å². The Morgan fingerprint density at radius 3 is 2.61 bits per heavy atom. The Morgan fingerprint density at radius 2 is 2.00 bits per heavy atom. The van der Waals surface area contributed by atoms with E-state index >= 15 is 0 Å². The number of aromatic nitrogens is 1. The molecule has 0 aromatic carbocycles. The van der Waals surface area contributed by atoms with Crippen LogP contribution in [0.4, 0.5) is 0 Å². The highest BCUT2D eigenvalue weighted by Gasteiger charge is 2.12. The zero-order chi connectivity index (χ0) is 13.4. The van der Waals surface area contributed by atoms with Gasteiger partial charge in [-0.1, -0.05) is 12.8 Å². The van der Waals surface area contributed by atoms with Crippen LogP contribution >= 0.6 is 0 Å². The van der Waals surface area contributed by atoms with Gasteiger partial charge >= 0.3 is 5.97 Å². The SMILES string of the molecule is O=C(O)CCCCCCNS(=O)(=O)c1cc[nH]c1. The number of carboxylic acid groups (broad SMARTS) is 1. The first-order chi connectivity index (χ1) is 8.52. The first-order valence-corrected chi connectivity index (χ1v) is 7.35. The van der Waals surface area contributed by atoms with Crippen LogP contribution < -0.4 is 4.72 Å². The third kappa shape index (κ3) is 5.33. The molecule has 0 aliphatic heterocycles. The molecule has 7 heteroatoms. The summed E-state index contributed by atoms with van der Waals surface area (Å²) in [5.41, 5.74) is 0. The zero-order valence-corrected chi connectivity index (χ0v) is 10.9. The molecule has 0 radical (unpaired) electrons. The summed E-state index contributed by atoms with van der Waals surface area (Å²) in [7, 11) is -3.40. The second-order valence-corrected chi connectivity index (χ2v) is 5.77. The molecule has 102 valence electrons. The van der Waals surface area contributed by atoms with Crippen LogP contribution in [-0.2, 0) is 14.8 Å². The normalized spacial score (nSPS) is 11.6. The fraction of sp³-hybridized carbons (Fsp3) is 0.545. The molecule has 0 saturated heterocycles. The number of carbonyl (C=O) groups is 1. The summed E-state index contributed by atoms with van der Waals surface area (Å²) in [4.78, 5) is 13.2. The minimum absolute atomic E-state index is 0.176. The average Bonchev–Trinajstić information content (AvgIpc) is 2.81. The smallest absolute Gasteiger partial charge is 0.303 e. The highest BCUT2D eigenvalue weighted by atomic mass is 32.2. The van der Waals surface area contributed by atoms with Gasteiger partial charge in [0.25, 0.3) is 0 Å². The van der Waals surface area contributed by atoms with Crippen LogP contribution in [0.15, 0.2) is 23.4 Å². The number of carboxylic acids is 1. The summed E-state index contributed by atoms with van der Waals surface area (Å²) in [6.45, 7) is 0.376. The molecule has 1 aromatic rings. The number of sulfonamides is 1. The number of aromatic amines is 1. The van der Waals surface area contributed by atoms with Crippen molar-refractivity contribution in [3.63, 3.8) is 0 Å². The fourth-order valence-electron chi connectivity index (χ4n) is 1.52. The number of H-pyrrole nitrogens is 1. The van der Waals surface area contributed by atoms with Gasteiger partial charge in [0.1, 0.15) is 0 Å². The molecule has 1 aromatic heterocycles. The van der Waals surface area contributed by atoms with Crippen molar-refractivity contribution in [1.29, 1.82) is 0 Å². The molecule has 0 saturated carbocycles. The second-order valence-electron chi connectivity index (χ2n) is 4.00. The summed E-state index contributed by atoms with van der Waals surface area (Å²) in [5, 5.41) is 8.43. The maximum atomic E-state index is 11.7. The van der Waals surface area contributed by atoms with Crippen molar-refractivity contribution < 1.29 is 18.3 Å². The van der Waals surface area contributed by atoms with E-state index in [1.165, 1.54) is 12.3 Å². The van der Waals surface area contributed by atoms with E-state index < -0.39 is 16.0 Å². The molecule has 0 bridgehead atoms. The van der Waals surface area contributed by atoms with E-state index in [9.17, 15) is 13.2 Å². The Bertz CT molecular complexity index is 453. The van der Waals surface area contributed by atoms with Crippen molar-refractivity contribution in [2.24, 2.45) is 0 Å². The minimum atomic E-state index is -3.40. The van der Waals surface area contributed by atoms with Crippen molar-refractivity contribution in [1.82, 2.24) is 9.71 Å². The van der Waals surface area contributed by atoms with Crippen LogP contribution in [0.5, 0.6) is 0 Å². The lowest BCUT2D eigenvalue weighted by atomic mass is 10.1. The van der Waals surface area contributed by atoms with Crippen molar-refractivity contribution in [2.75, 3.05) is 6.54 Å². The number of rotatable bonds is 9. The summed E-state index contributed by atoms with van der Waals surface area (Å²) in [5.74, 6) is -0.789. The maximum Gasteiger partial charge on any atom is 0.303 e. The molecule has 0 aliphatic rings. The van der Waals surface area contributed by atoms with E-state index in [0.717, 1.165) is 12.8 Å². The zero-order valence-electron chi connectivity index (χ0n) is 10.1. The second kappa shape index (κ2) is 7.17. The molecule has 1 rings (SSSR count). The Morgan fingerprint density at radius 1 is 1.28 bits per heavy atom. The van der Waals surface area contributed by atoms with Gasteiger partial charge in [-0.2, -0.15) is 0 Å². The monoisotopic (exact) mass is 274 g/mol. The Hall–Kier alpha value is -1.34. The van der Waals surface area contributed by atoms with Gasteiger partial charge in [-0.3, -0.25) is 4.79 Å². The number of unbranched alkanes of at least 4 members (excludes halogenated alkanes) is 3. The molecule has 1 heterocycles. The largest absolute Gasteiger partial charge is 0.481 e. The Labute approximate surface area is 106 Å². The molecule has 3 N–H and O–H groups in total. The first kappa shape index (κ1) is 14.7. The summed E-state index contributed by atoms with van der Waals surface area (Å²) >= 11 is 0. The van der Waals surface area contributed by atoms with E-state index in [1.807, 2.05) is 0 Å². The highest BCUT2D eigenvalue weighted by molar-refractivity contribution is 7.89. The molecular weight excluding hydrogens is 256 g/mol. The number of nitrogens with one attached hydrogen (secondary N) is 2. The van der Waals surface area contributed by atoms with Crippen LogP contribution in [0.3, 0.4) is 0 Å². The molecule has 18 heavy (non-hydrogen) atoms. The van der Waals surface area contributed by atoms with Crippen molar-refractivity contribution in [2.45, 2.75) is 37.0 Å². The third-order valence-corrected chi connectivity index (χ3v) is 3.95. The standard InChI is InChI=1S/C11H18N2O4S/c14-11(15)5-3-1-2-4-7-13-18(16,17)10-6-8-12-9-10/h6,8-9,12-13H,1-5,7H2,(H,14,15). The van der Waals surface area contributed by atoms with Gasteiger partial charge in [-0.25, -0.2) is 13.1 Å². The summed E-state index contributed by atoms with van der Waals surface area (Å²) in [6.07, 6.45) is 6.13. The van der Waals surface area contributed by atoms with Crippen LogP contribution in [0.25, 0.3) is 0 Å². The first-order valence-electron chi connectivity index (χ1n) is 5.86. The molecule has 0 spiro atoms. The topological polar surface area (TPSA) is 99.3 Å². The van der Waals surface area contributed by atoms with E-state index in [2.05, 4.69) is 9.71 Å². The molecule has 0 unspecified atom stereocenters. The third-order valence-electron chi connectivity index (χ3n) is 2.49. The fourth-order valence-corrected chi connectivity index (χ4v) is 2.57. The van der Waals surface area contributed by atoms with E-state index in [1.54, 1.807) is 6.20 Å². The quantitative estimate of drug-likeness (QED) is 0.591. The van der Waals surface area contributed by atoms with Gasteiger partial charge in [0.05, 0.1) is 4.90 Å². The van der Waals surface area contributed by atoms with Crippen LogP contribution in [0.1, 0.15) is 32.1 Å². The lowest BCUT2D eigenvalue weighted by Gasteiger charge is -2.04. The minimum Gasteiger partial charge on any atom is -0.481 e. The molecule has 0 amide bonds. The molecular formula is C11H18N2O4S. The van der Waals surface area contributed by atoms with Gasteiger partial charge in [-0.05, 0) is 18.9 Å². The van der Waals surface area contributed by atoms with Gasteiger partial charge in [-0.15, -0.1) is 0 Å². The lowest BCUT2D eigenvalue weighted by molar-refractivity contribution is -0.137. The predicted molar refractivity (Wildman–Crippen MR) is 66.7 cm³/mol. The number of hydrogen-bond donors (Lipinski definition) is 3. The van der Waals surface area contributed by atoms with E-state index in [0.29, 0.717) is 19.4 Å². The van der Waals surface area contributed by atoms with E-state index in [4.69, 9.17) is 5.11 Å². The van der Waals surface area contributed by atoms with Crippen LogP contribution in [0.2, 0.25) is 0 Å². The van der Waals surface area contributed by atoms with Crippen LogP contribution in [0, 0.1) is 0 Å². The lowest BCUT2D eigenvalue weighted by Crippen LogP contribution is -2.24. The van der Waals surface area contributed by atoms with Crippen molar-refractivity contribution in [3.05, 3.63) is 18.5 Å². The molecule has 0 fully saturated rings. The van der Waals surface area contributed by atoms with Crippen molar-refractivity contribution >= 4 is 16.0 Å². The van der Waals surface area contributed by atoms with Crippen molar-refractivity contribution in [3.8, 4) is 0 Å². The number of hydrogen-bond acceptors (Lipinski definition) is 3. The van der Waals surface area contributed by atoms with Gasteiger partial charge < -0.3 is 10.1 Å². The average molecular weight is 274 g/mol. The van der Waals surface area contributed by atoms with Gasteiger partial charge in [0, 0.05) is 25.4 Å². The maximum absolute atomic E-state index is 11.7. The summed E-state index contributed by atoms with van der Waals surface area (Å²) < 4.78 is 25.8. The Kier molecular flexibility index (Phi) is 5.87. The molecule has 0 atom stereocenters. The summed E-state index contributed by atoms with van der Waals surface area (Å²) in [6, 6.07) is 1.50.